The molecule has 80 valence electrons. The van der Waals surface area contributed by atoms with E-state index in [0.29, 0.717) is 13.0 Å². The Morgan fingerprint density at radius 2 is 2.47 bits per heavy atom. The lowest BCUT2D eigenvalue weighted by atomic mass is 10.4. The summed E-state index contributed by atoms with van der Waals surface area (Å²) in [7, 11) is 0. The average molecular weight is 205 g/mol. The number of aromatic nitrogens is 2. The van der Waals surface area contributed by atoms with Gasteiger partial charge in [-0.15, -0.1) is 12.3 Å². The first kappa shape index (κ1) is 11.3. The number of aryl methyl sites for hydroxylation is 1. The van der Waals surface area contributed by atoms with Crippen molar-refractivity contribution in [2.24, 2.45) is 0 Å². The standard InChI is InChI=1S/C11H15N3O/c1-3-5-7-14-11(15)8-10(9-13-14)12-6-4-2/h1,8-9,12H,4-7H2,2H3. The van der Waals surface area contributed by atoms with Crippen molar-refractivity contribution in [1.29, 1.82) is 0 Å². The smallest absolute Gasteiger partial charge is 0.268 e. The van der Waals surface area contributed by atoms with E-state index in [0.717, 1.165) is 18.7 Å². The Morgan fingerprint density at radius 3 is 3.07 bits per heavy atom. The largest absolute Gasteiger partial charge is 0.384 e. The van der Waals surface area contributed by atoms with Gasteiger partial charge >= 0.3 is 0 Å². The van der Waals surface area contributed by atoms with E-state index in [2.05, 4.69) is 23.3 Å². The van der Waals surface area contributed by atoms with E-state index in [9.17, 15) is 4.79 Å². The lowest BCUT2D eigenvalue weighted by Gasteiger charge is -2.05. The van der Waals surface area contributed by atoms with Crippen LogP contribution in [0.25, 0.3) is 0 Å². The molecule has 0 atom stereocenters. The van der Waals surface area contributed by atoms with Crippen molar-refractivity contribution < 1.29 is 0 Å². The first-order valence-electron chi connectivity index (χ1n) is 5.02. The number of hydrogen-bond donors (Lipinski definition) is 1. The van der Waals surface area contributed by atoms with Crippen LogP contribution >= 0.6 is 0 Å². The molecule has 0 aromatic carbocycles. The van der Waals surface area contributed by atoms with Crippen molar-refractivity contribution in [1.82, 2.24) is 9.78 Å². The quantitative estimate of drug-likeness (QED) is 0.732. The Kier molecular flexibility index (Phi) is 4.42. The first-order valence-corrected chi connectivity index (χ1v) is 5.02. The van der Waals surface area contributed by atoms with E-state index >= 15 is 0 Å². The van der Waals surface area contributed by atoms with Gasteiger partial charge in [0.05, 0.1) is 18.4 Å². The zero-order chi connectivity index (χ0) is 11.1. The molecule has 0 aliphatic heterocycles. The minimum atomic E-state index is -0.119. The van der Waals surface area contributed by atoms with Gasteiger partial charge in [0.1, 0.15) is 0 Å². The molecule has 1 aromatic heterocycles. The van der Waals surface area contributed by atoms with Crippen LogP contribution in [0.3, 0.4) is 0 Å². The highest BCUT2D eigenvalue weighted by Gasteiger charge is 1.98. The minimum absolute atomic E-state index is 0.119. The van der Waals surface area contributed by atoms with Gasteiger partial charge in [0.15, 0.2) is 0 Å². The molecule has 1 N–H and O–H groups in total. The molecule has 0 amide bonds. The third kappa shape index (κ3) is 3.47. The summed E-state index contributed by atoms with van der Waals surface area (Å²) in [4.78, 5) is 11.5. The predicted octanol–water partition coefficient (Wildman–Crippen LogP) is 1.09. The average Bonchev–Trinajstić information content (AvgIpc) is 2.25. The molecule has 4 nitrogen and oxygen atoms in total. The summed E-state index contributed by atoms with van der Waals surface area (Å²) in [5, 5.41) is 7.12. The Hall–Kier alpha value is -1.76. The van der Waals surface area contributed by atoms with E-state index in [1.807, 2.05) is 0 Å². The fraction of sp³-hybridized carbons (Fsp3) is 0.455. The lowest BCUT2D eigenvalue weighted by molar-refractivity contribution is 0.591. The molecule has 0 aliphatic carbocycles. The molecule has 0 unspecified atom stereocenters. The zero-order valence-corrected chi connectivity index (χ0v) is 8.86. The Bertz CT molecular complexity index is 403. The van der Waals surface area contributed by atoms with Crippen LogP contribution in [0.1, 0.15) is 19.8 Å². The van der Waals surface area contributed by atoms with Crippen LogP contribution in [0.2, 0.25) is 0 Å². The molecule has 0 saturated carbocycles. The van der Waals surface area contributed by atoms with Crippen LogP contribution in [0.5, 0.6) is 0 Å². The number of hydrogen-bond acceptors (Lipinski definition) is 3. The normalized spacial score (nSPS) is 9.60. The zero-order valence-electron chi connectivity index (χ0n) is 8.86. The van der Waals surface area contributed by atoms with Crippen molar-refractivity contribution in [3.63, 3.8) is 0 Å². The van der Waals surface area contributed by atoms with Crippen LogP contribution in [0, 0.1) is 12.3 Å². The molecule has 0 fully saturated rings. The van der Waals surface area contributed by atoms with E-state index in [1.54, 1.807) is 12.3 Å². The van der Waals surface area contributed by atoms with Gasteiger partial charge in [-0.25, -0.2) is 4.68 Å². The van der Waals surface area contributed by atoms with Gasteiger partial charge in [0, 0.05) is 19.0 Å². The summed E-state index contributed by atoms with van der Waals surface area (Å²) >= 11 is 0. The van der Waals surface area contributed by atoms with Gasteiger partial charge in [-0.1, -0.05) is 6.92 Å². The van der Waals surface area contributed by atoms with Gasteiger partial charge in [-0.05, 0) is 6.42 Å². The van der Waals surface area contributed by atoms with Gasteiger partial charge in [-0.3, -0.25) is 4.79 Å². The van der Waals surface area contributed by atoms with Crippen molar-refractivity contribution in [2.45, 2.75) is 26.3 Å². The SMILES string of the molecule is C#CCCn1ncc(NCCC)cc1=O. The summed E-state index contributed by atoms with van der Waals surface area (Å²) in [6.07, 6.45) is 8.30. The van der Waals surface area contributed by atoms with Gasteiger partial charge in [-0.2, -0.15) is 5.10 Å². The second-order valence-electron chi connectivity index (χ2n) is 3.19. The maximum absolute atomic E-state index is 11.5. The maximum Gasteiger partial charge on any atom is 0.268 e. The summed E-state index contributed by atoms with van der Waals surface area (Å²) in [5.74, 6) is 2.48. The molecule has 0 bridgehead atoms. The van der Waals surface area contributed by atoms with E-state index in [4.69, 9.17) is 6.42 Å². The second kappa shape index (κ2) is 5.86. The van der Waals surface area contributed by atoms with Crippen LogP contribution in [0.4, 0.5) is 5.69 Å². The first-order chi connectivity index (χ1) is 7.27. The topological polar surface area (TPSA) is 46.9 Å². The Labute approximate surface area is 89.3 Å². The van der Waals surface area contributed by atoms with Crippen LogP contribution in [-0.2, 0) is 6.54 Å². The highest BCUT2D eigenvalue weighted by atomic mass is 16.1. The summed E-state index contributed by atoms with van der Waals surface area (Å²) < 4.78 is 1.37. The number of nitrogens with one attached hydrogen (secondary N) is 1. The summed E-state index contributed by atoms with van der Waals surface area (Å²) in [6, 6.07) is 1.54. The monoisotopic (exact) mass is 205 g/mol. The number of terminal acetylenes is 1. The molecule has 0 spiro atoms. The lowest BCUT2D eigenvalue weighted by Crippen LogP contribution is -2.22. The minimum Gasteiger partial charge on any atom is -0.384 e. The van der Waals surface area contributed by atoms with Gasteiger partial charge < -0.3 is 5.32 Å². The molecule has 0 radical (unpaired) electrons. The third-order valence-corrected chi connectivity index (χ3v) is 1.92. The fourth-order valence-corrected chi connectivity index (χ4v) is 1.14. The summed E-state index contributed by atoms with van der Waals surface area (Å²) in [6.45, 7) is 3.38. The van der Waals surface area contributed by atoms with Crippen molar-refractivity contribution in [2.75, 3.05) is 11.9 Å². The number of rotatable bonds is 5. The van der Waals surface area contributed by atoms with Crippen LogP contribution in [-0.4, -0.2) is 16.3 Å². The second-order valence-corrected chi connectivity index (χ2v) is 3.19. The van der Waals surface area contributed by atoms with Crippen molar-refractivity contribution >= 4 is 5.69 Å². The van der Waals surface area contributed by atoms with Gasteiger partial charge in [0.25, 0.3) is 5.56 Å². The summed E-state index contributed by atoms with van der Waals surface area (Å²) in [5.41, 5.74) is 0.644. The molecule has 1 rings (SSSR count). The van der Waals surface area contributed by atoms with Crippen molar-refractivity contribution in [3.05, 3.63) is 22.6 Å². The molecule has 0 saturated heterocycles. The molecule has 1 heterocycles. The van der Waals surface area contributed by atoms with Crippen LogP contribution in [0.15, 0.2) is 17.1 Å². The molecular formula is C11H15N3O. The van der Waals surface area contributed by atoms with Crippen molar-refractivity contribution in [3.8, 4) is 12.3 Å². The molecule has 1 aromatic rings. The molecule has 15 heavy (non-hydrogen) atoms. The number of nitrogens with zero attached hydrogens (tertiary/aromatic N) is 2. The highest BCUT2D eigenvalue weighted by molar-refractivity contribution is 5.38. The van der Waals surface area contributed by atoms with E-state index < -0.39 is 0 Å². The fourth-order valence-electron chi connectivity index (χ4n) is 1.14. The molecule has 0 aliphatic rings. The molecular weight excluding hydrogens is 190 g/mol. The highest BCUT2D eigenvalue weighted by Crippen LogP contribution is 1.99. The maximum atomic E-state index is 11.5. The Balaban J connectivity index is 2.71. The van der Waals surface area contributed by atoms with E-state index in [1.165, 1.54) is 4.68 Å². The van der Waals surface area contributed by atoms with E-state index in [-0.39, 0.29) is 5.56 Å². The molecule has 4 heteroatoms. The predicted molar refractivity (Wildman–Crippen MR) is 60.7 cm³/mol. The number of anilines is 1. The van der Waals surface area contributed by atoms with Gasteiger partial charge in [0.2, 0.25) is 0 Å². The van der Waals surface area contributed by atoms with Crippen LogP contribution < -0.4 is 10.9 Å². The Morgan fingerprint density at radius 1 is 1.67 bits per heavy atom. The third-order valence-electron chi connectivity index (χ3n) is 1.92.